The summed E-state index contributed by atoms with van der Waals surface area (Å²) in [4.78, 5) is 9.20. The fraction of sp³-hybridized carbons (Fsp3) is 0.448. The summed E-state index contributed by atoms with van der Waals surface area (Å²) in [5, 5.41) is 0. The van der Waals surface area contributed by atoms with Crippen LogP contribution in [0.5, 0.6) is 0 Å². The van der Waals surface area contributed by atoms with Gasteiger partial charge in [-0.15, -0.1) is 0 Å². The van der Waals surface area contributed by atoms with Gasteiger partial charge in [-0.05, 0) is 53.9 Å². The first kappa shape index (κ1) is 23.2. The lowest BCUT2D eigenvalue weighted by Crippen LogP contribution is -1.94. The van der Waals surface area contributed by atoms with Crippen molar-refractivity contribution in [2.75, 3.05) is 0 Å². The summed E-state index contributed by atoms with van der Waals surface area (Å²) in [6, 6.07) is 17.7. The molecule has 31 heavy (non-hydrogen) atoms. The highest BCUT2D eigenvalue weighted by atomic mass is 14.9. The van der Waals surface area contributed by atoms with Gasteiger partial charge < -0.3 is 0 Å². The maximum Gasteiger partial charge on any atom is 0.159 e. The Morgan fingerprint density at radius 2 is 1.23 bits per heavy atom. The maximum atomic E-state index is 4.60. The Kier molecular flexibility index (Phi) is 9.27. The summed E-state index contributed by atoms with van der Waals surface area (Å²) in [7, 11) is 0. The Morgan fingerprint density at radius 3 is 1.84 bits per heavy atom. The topological polar surface area (TPSA) is 25.8 Å². The number of unbranched alkanes of at least 4 members (excludes halogenated alkanes) is 3. The Bertz CT molecular complexity index is 880. The Hall–Kier alpha value is -2.48. The van der Waals surface area contributed by atoms with E-state index in [0.717, 1.165) is 23.7 Å². The van der Waals surface area contributed by atoms with E-state index in [-0.39, 0.29) is 0 Å². The molecule has 0 fully saturated rings. The van der Waals surface area contributed by atoms with Crippen molar-refractivity contribution in [3.05, 3.63) is 72.1 Å². The van der Waals surface area contributed by atoms with E-state index in [0.29, 0.717) is 0 Å². The van der Waals surface area contributed by atoms with Gasteiger partial charge in [0.05, 0.1) is 0 Å². The van der Waals surface area contributed by atoms with E-state index < -0.39 is 0 Å². The Balaban J connectivity index is 1.56. The van der Waals surface area contributed by atoms with Gasteiger partial charge in [-0.3, -0.25) is 0 Å². The first-order valence-electron chi connectivity index (χ1n) is 12.2. The minimum Gasteiger partial charge on any atom is -0.236 e. The molecule has 1 atom stereocenters. The molecule has 2 aromatic carbocycles. The molecule has 1 aromatic heterocycles. The van der Waals surface area contributed by atoms with Crippen LogP contribution in [0.4, 0.5) is 0 Å². The molecular formula is C29H38N2. The van der Waals surface area contributed by atoms with Crippen LogP contribution >= 0.6 is 0 Å². The number of benzene rings is 2. The average molecular weight is 415 g/mol. The number of rotatable bonds is 12. The third-order valence-electron chi connectivity index (χ3n) is 6.31. The smallest absolute Gasteiger partial charge is 0.159 e. The molecule has 0 N–H and O–H groups in total. The molecule has 0 radical (unpaired) electrons. The van der Waals surface area contributed by atoms with Gasteiger partial charge in [-0.1, -0.05) is 101 Å². The fourth-order valence-corrected chi connectivity index (χ4v) is 3.92. The van der Waals surface area contributed by atoms with Crippen LogP contribution in [0.15, 0.2) is 60.9 Å². The van der Waals surface area contributed by atoms with Crippen LogP contribution in [0.25, 0.3) is 22.5 Å². The standard InChI is InChI=1S/C29H38N2/c1-4-6-7-8-11-25-21-30-29(31-22-25)28-19-17-27(18-20-28)26-15-13-24(14-16-26)12-9-10-23(3)5-2/h13-23H,4-12H2,1-3H3. The second-order valence-electron chi connectivity index (χ2n) is 8.91. The lowest BCUT2D eigenvalue weighted by molar-refractivity contribution is 0.496. The van der Waals surface area contributed by atoms with Crippen LogP contribution in [-0.2, 0) is 12.8 Å². The van der Waals surface area contributed by atoms with E-state index in [2.05, 4.69) is 79.3 Å². The largest absolute Gasteiger partial charge is 0.236 e. The van der Waals surface area contributed by atoms with E-state index >= 15 is 0 Å². The number of hydrogen-bond donors (Lipinski definition) is 0. The zero-order valence-electron chi connectivity index (χ0n) is 19.6. The van der Waals surface area contributed by atoms with Crippen LogP contribution in [0.3, 0.4) is 0 Å². The molecule has 2 heteroatoms. The second kappa shape index (κ2) is 12.4. The first-order valence-corrected chi connectivity index (χ1v) is 12.2. The highest BCUT2D eigenvalue weighted by molar-refractivity contribution is 5.67. The van der Waals surface area contributed by atoms with Gasteiger partial charge in [0.15, 0.2) is 5.82 Å². The van der Waals surface area contributed by atoms with Crippen molar-refractivity contribution in [2.45, 2.75) is 78.6 Å². The quantitative estimate of drug-likeness (QED) is 0.278. The molecule has 3 rings (SSSR count). The molecule has 0 saturated heterocycles. The zero-order valence-corrected chi connectivity index (χ0v) is 19.6. The van der Waals surface area contributed by atoms with Gasteiger partial charge in [0.2, 0.25) is 0 Å². The molecule has 0 amide bonds. The highest BCUT2D eigenvalue weighted by Gasteiger charge is 2.05. The molecule has 0 aliphatic heterocycles. The summed E-state index contributed by atoms with van der Waals surface area (Å²) in [5.41, 5.74) is 6.25. The summed E-state index contributed by atoms with van der Waals surface area (Å²) in [6.45, 7) is 6.87. The number of nitrogens with zero attached hydrogens (tertiary/aromatic N) is 2. The van der Waals surface area contributed by atoms with Crippen molar-refractivity contribution < 1.29 is 0 Å². The Labute approximate surface area is 189 Å². The van der Waals surface area contributed by atoms with Gasteiger partial charge in [-0.25, -0.2) is 9.97 Å². The molecule has 3 aromatic rings. The molecule has 0 saturated carbocycles. The van der Waals surface area contributed by atoms with Crippen LogP contribution in [0.1, 0.15) is 76.8 Å². The van der Waals surface area contributed by atoms with Gasteiger partial charge in [0.25, 0.3) is 0 Å². The van der Waals surface area contributed by atoms with Gasteiger partial charge in [0.1, 0.15) is 0 Å². The third kappa shape index (κ3) is 7.31. The van der Waals surface area contributed by atoms with E-state index in [1.165, 1.54) is 73.6 Å². The SMILES string of the molecule is CCCCCCc1cnc(-c2ccc(-c3ccc(CCCC(C)CC)cc3)cc2)nc1. The average Bonchev–Trinajstić information content (AvgIpc) is 2.83. The van der Waals surface area contributed by atoms with Crippen molar-refractivity contribution in [2.24, 2.45) is 5.92 Å². The highest BCUT2D eigenvalue weighted by Crippen LogP contribution is 2.24. The monoisotopic (exact) mass is 414 g/mol. The molecule has 0 spiro atoms. The van der Waals surface area contributed by atoms with Crippen LogP contribution in [0, 0.1) is 5.92 Å². The molecule has 1 heterocycles. The Morgan fingerprint density at radius 1 is 0.645 bits per heavy atom. The molecule has 1 unspecified atom stereocenters. The summed E-state index contributed by atoms with van der Waals surface area (Å²) < 4.78 is 0. The second-order valence-corrected chi connectivity index (χ2v) is 8.91. The van der Waals surface area contributed by atoms with Crippen molar-refractivity contribution in [1.29, 1.82) is 0 Å². The van der Waals surface area contributed by atoms with Crippen molar-refractivity contribution in [1.82, 2.24) is 9.97 Å². The van der Waals surface area contributed by atoms with Crippen LogP contribution in [-0.4, -0.2) is 9.97 Å². The van der Waals surface area contributed by atoms with Gasteiger partial charge >= 0.3 is 0 Å². The zero-order chi connectivity index (χ0) is 21.9. The molecule has 164 valence electrons. The number of hydrogen-bond acceptors (Lipinski definition) is 2. The molecular weight excluding hydrogens is 376 g/mol. The predicted molar refractivity (Wildman–Crippen MR) is 133 cm³/mol. The number of aryl methyl sites for hydroxylation is 2. The minimum absolute atomic E-state index is 0.806. The minimum atomic E-state index is 0.806. The van der Waals surface area contributed by atoms with Crippen LogP contribution < -0.4 is 0 Å². The van der Waals surface area contributed by atoms with E-state index in [1.54, 1.807) is 0 Å². The molecule has 0 bridgehead atoms. The fourth-order valence-electron chi connectivity index (χ4n) is 3.92. The van der Waals surface area contributed by atoms with E-state index in [4.69, 9.17) is 0 Å². The lowest BCUT2D eigenvalue weighted by atomic mass is 9.97. The normalized spacial score (nSPS) is 12.1. The van der Waals surface area contributed by atoms with Gasteiger partial charge in [-0.2, -0.15) is 0 Å². The van der Waals surface area contributed by atoms with Crippen molar-refractivity contribution in [3.8, 4) is 22.5 Å². The van der Waals surface area contributed by atoms with E-state index in [9.17, 15) is 0 Å². The van der Waals surface area contributed by atoms with Crippen molar-refractivity contribution in [3.63, 3.8) is 0 Å². The lowest BCUT2D eigenvalue weighted by Gasteiger charge is -2.09. The van der Waals surface area contributed by atoms with Crippen molar-refractivity contribution >= 4 is 0 Å². The summed E-state index contributed by atoms with van der Waals surface area (Å²) >= 11 is 0. The first-order chi connectivity index (χ1) is 15.2. The predicted octanol–water partition coefficient (Wildman–Crippen LogP) is 8.30. The summed E-state index contributed by atoms with van der Waals surface area (Å²) in [5.74, 6) is 1.64. The third-order valence-corrected chi connectivity index (χ3v) is 6.31. The summed E-state index contributed by atoms with van der Waals surface area (Å²) in [6.07, 6.45) is 15.2. The van der Waals surface area contributed by atoms with E-state index in [1.807, 2.05) is 12.4 Å². The van der Waals surface area contributed by atoms with Gasteiger partial charge in [0, 0.05) is 18.0 Å². The molecule has 0 aliphatic carbocycles. The molecule has 2 nitrogen and oxygen atoms in total. The number of aromatic nitrogens is 2. The molecule has 0 aliphatic rings. The maximum absolute atomic E-state index is 4.60. The van der Waals surface area contributed by atoms with Crippen LogP contribution in [0.2, 0.25) is 0 Å².